The van der Waals surface area contributed by atoms with E-state index in [9.17, 15) is 0 Å². The fourth-order valence-corrected chi connectivity index (χ4v) is 2.98. The van der Waals surface area contributed by atoms with Crippen molar-refractivity contribution in [1.29, 1.82) is 0 Å². The zero-order valence-corrected chi connectivity index (χ0v) is 13.7. The molecule has 114 valence electrons. The lowest BCUT2D eigenvalue weighted by atomic mass is 9.93. The Hall–Kier alpha value is -2.67. The molecule has 0 aliphatic heterocycles. The van der Waals surface area contributed by atoms with Crippen molar-refractivity contribution in [2.45, 2.75) is 13.3 Å². The van der Waals surface area contributed by atoms with Crippen LogP contribution in [0.1, 0.15) is 29.2 Å². The maximum atomic E-state index is 4.11. The normalized spacial score (nSPS) is 11.7. The topological polar surface area (TPSA) is 12.4 Å². The number of fused-ring (bicyclic) bond motifs is 1. The van der Waals surface area contributed by atoms with E-state index < -0.39 is 0 Å². The summed E-state index contributed by atoms with van der Waals surface area (Å²) in [5.74, 6) is 0. The van der Waals surface area contributed by atoms with Crippen LogP contribution in [0.3, 0.4) is 0 Å². The average molecular weight is 299 g/mol. The van der Waals surface area contributed by atoms with Crippen LogP contribution in [-0.4, -0.2) is 13.3 Å². The van der Waals surface area contributed by atoms with Gasteiger partial charge in [-0.1, -0.05) is 66.7 Å². The van der Waals surface area contributed by atoms with Crippen LogP contribution < -0.4 is 0 Å². The van der Waals surface area contributed by atoms with E-state index in [-0.39, 0.29) is 0 Å². The second-order valence-electron chi connectivity index (χ2n) is 5.67. The van der Waals surface area contributed by atoms with E-state index in [4.69, 9.17) is 0 Å². The molecule has 0 saturated heterocycles. The van der Waals surface area contributed by atoms with Crippen LogP contribution in [0.2, 0.25) is 0 Å². The first-order valence-electron chi connectivity index (χ1n) is 7.96. The molecule has 0 aromatic heterocycles. The minimum Gasteiger partial charge on any atom is -0.296 e. The maximum absolute atomic E-state index is 4.11. The van der Waals surface area contributed by atoms with Crippen molar-refractivity contribution in [2.24, 2.45) is 4.99 Å². The summed E-state index contributed by atoms with van der Waals surface area (Å²) in [7, 11) is 1.80. The molecule has 0 aliphatic carbocycles. The van der Waals surface area contributed by atoms with E-state index in [0.717, 1.165) is 12.0 Å². The van der Waals surface area contributed by atoms with E-state index >= 15 is 0 Å². The van der Waals surface area contributed by atoms with Crippen LogP contribution in [0.15, 0.2) is 71.7 Å². The van der Waals surface area contributed by atoms with Gasteiger partial charge in [0.15, 0.2) is 0 Å². The number of aliphatic imine (C=N–C) groups is 1. The number of allylic oxidation sites excluding steroid dienone is 1. The largest absolute Gasteiger partial charge is 0.296 e. The van der Waals surface area contributed by atoms with Gasteiger partial charge in [-0.2, -0.15) is 0 Å². The molecule has 1 heteroatoms. The lowest BCUT2D eigenvalue weighted by Crippen LogP contribution is -1.94. The van der Waals surface area contributed by atoms with Crippen LogP contribution in [0, 0.1) is 0 Å². The van der Waals surface area contributed by atoms with Crippen LogP contribution in [0.4, 0.5) is 0 Å². The zero-order valence-electron chi connectivity index (χ0n) is 13.7. The van der Waals surface area contributed by atoms with Crippen LogP contribution in [-0.2, 0) is 6.42 Å². The summed E-state index contributed by atoms with van der Waals surface area (Å²) in [6.07, 6.45) is 7.18. The predicted molar refractivity (Wildman–Crippen MR) is 101 cm³/mol. The minimum absolute atomic E-state index is 0.953. The molecule has 0 atom stereocenters. The highest BCUT2D eigenvalue weighted by Gasteiger charge is 2.06. The molecule has 0 radical (unpaired) electrons. The Labute approximate surface area is 138 Å². The van der Waals surface area contributed by atoms with E-state index in [1.165, 1.54) is 27.5 Å². The molecule has 1 nitrogen and oxygen atoms in total. The molecule has 0 heterocycles. The first-order chi connectivity index (χ1) is 11.3. The smallest absolute Gasteiger partial charge is 0.0281 e. The zero-order chi connectivity index (χ0) is 16.1. The van der Waals surface area contributed by atoms with Crippen molar-refractivity contribution >= 4 is 23.1 Å². The Balaban J connectivity index is 2.11. The Morgan fingerprint density at radius 1 is 0.957 bits per heavy atom. The van der Waals surface area contributed by atoms with Crippen LogP contribution >= 0.6 is 0 Å². The van der Waals surface area contributed by atoms with Crippen molar-refractivity contribution in [3.63, 3.8) is 0 Å². The quantitative estimate of drug-likeness (QED) is 0.563. The van der Waals surface area contributed by atoms with E-state index in [1.54, 1.807) is 7.05 Å². The summed E-state index contributed by atoms with van der Waals surface area (Å²) in [5, 5.41) is 2.55. The van der Waals surface area contributed by atoms with Crippen molar-refractivity contribution in [3.8, 4) is 0 Å². The summed E-state index contributed by atoms with van der Waals surface area (Å²) in [5.41, 5.74) is 5.15. The number of rotatable bonds is 4. The Kier molecular flexibility index (Phi) is 4.68. The third kappa shape index (κ3) is 3.40. The van der Waals surface area contributed by atoms with Gasteiger partial charge in [0.05, 0.1) is 0 Å². The highest BCUT2D eigenvalue weighted by molar-refractivity contribution is 5.96. The molecule has 0 bridgehead atoms. The van der Waals surface area contributed by atoms with Crippen molar-refractivity contribution in [1.82, 2.24) is 0 Å². The first kappa shape index (κ1) is 15.2. The monoisotopic (exact) mass is 299 g/mol. The molecule has 0 N–H and O–H groups in total. The maximum Gasteiger partial charge on any atom is 0.0281 e. The fraction of sp³-hybridized carbons (Fsp3) is 0.136. The summed E-state index contributed by atoms with van der Waals surface area (Å²) in [6, 6.07) is 21.6. The summed E-state index contributed by atoms with van der Waals surface area (Å²) in [6.45, 7) is 2.07. The average Bonchev–Trinajstić information content (AvgIpc) is 2.58. The molecule has 0 aliphatic rings. The Bertz CT molecular complexity index is 858. The van der Waals surface area contributed by atoms with Gasteiger partial charge in [0.25, 0.3) is 0 Å². The van der Waals surface area contributed by atoms with Crippen molar-refractivity contribution in [2.75, 3.05) is 7.05 Å². The van der Waals surface area contributed by atoms with Crippen molar-refractivity contribution in [3.05, 3.63) is 89.0 Å². The SMILES string of the molecule is C/C=C\c1c(Cc2ccccc2)ccc2cc(C=NC)ccc12. The molecule has 0 amide bonds. The second-order valence-corrected chi connectivity index (χ2v) is 5.67. The molecule has 3 rings (SSSR count). The standard InChI is InChI=1S/C22H21N/c1-3-7-21-19(14-17-8-5-4-6-9-17)11-12-20-15-18(16-23-2)10-13-22(20)21/h3-13,15-16H,14H2,1-2H3/b7-3-,23-16?. The fourth-order valence-electron chi connectivity index (χ4n) is 2.98. The molecule has 0 spiro atoms. The summed E-state index contributed by atoms with van der Waals surface area (Å²) < 4.78 is 0. The van der Waals surface area contributed by atoms with Gasteiger partial charge in [-0.15, -0.1) is 0 Å². The lowest BCUT2D eigenvalue weighted by molar-refractivity contribution is 1.19. The molecular formula is C22H21N. The predicted octanol–water partition coefficient (Wildman–Crippen LogP) is 5.51. The van der Waals surface area contributed by atoms with Gasteiger partial charge in [-0.3, -0.25) is 4.99 Å². The van der Waals surface area contributed by atoms with Gasteiger partial charge in [-0.25, -0.2) is 0 Å². The minimum atomic E-state index is 0.953. The Morgan fingerprint density at radius 2 is 1.78 bits per heavy atom. The number of hydrogen-bond acceptors (Lipinski definition) is 1. The van der Waals surface area contributed by atoms with Gasteiger partial charge in [0.1, 0.15) is 0 Å². The van der Waals surface area contributed by atoms with E-state index in [0.29, 0.717) is 0 Å². The van der Waals surface area contributed by atoms with Gasteiger partial charge in [-0.05, 0) is 52.4 Å². The molecule has 23 heavy (non-hydrogen) atoms. The second kappa shape index (κ2) is 7.06. The molecule has 0 unspecified atom stereocenters. The highest BCUT2D eigenvalue weighted by atomic mass is 14.6. The lowest BCUT2D eigenvalue weighted by Gasteiger charge is -2.11. The molecule has 0 fully saturated rings. The first-order valence-corrected chi connectivity index (χ1v) is 7.96. The highest BCUT2D eigenvalue weighted by Crippen LogP contribution is 2.26. The van der Waals surface area contributed by atoms with Gasteiger partial charge >= 0.3 is 0 Å². The number of hydrogen-bond donors (Lipinski definition) is 0. The third-order valence-corrected chi connectivity index (χ3v) is 4.02. The number of nitrogens with zero attached hydrogens (tertiary/aromatic N) is 1. The molecule has 0 saturated carbocycles. The molecule has 3 aromatic carbocycles. The number of benzene rings is 3. The third-order valence-electron chi connectivity index (χ3n) is 4.02. The van der Waals surface area contributed by atoms with Gasteiger partial charge in [0, 0.05) is 13.3 Å². The van der Waals surface area contributed by atoms with Crippen LogP contribution in [0.25, 0.3) is 16.8 Å². The molecular weight excluding hydrogens is 278 g/mol. The van der Waals surface area contributed by atoms with Crippen LogP contribution in [0.5, 0.6) is 0 Å². The van der Waals surface area contributed by atoms with Gasteiger partial charge < -0.3 is 0 Å². The van der Waals surface area contributed by atoms with Gasteiger partial charge in [0.2, 0.25) is 0 Å². The van der Waals surface area contributed by atoms with E-state index in [2.05, 4.69) is 84.7 Å². The Morgan fingerprint density at radius 3 is 2.52 bits per heavy atom. The molecule has 3 aromatic rings. The summed E-state index contributed by atoms with van der Waals surface area (Å²) >= 11 is 0. The van der Waals surface area contributed by atoms with Crippen molar-refractivity contribution < 1.29 is 0 Å². The summed E-state index contributed by atoms with van der Waals surface area (Å²) in [4.78, 5) is 4.11. The van der Waals surface area contributed by atoms with E-state index in [1.807, 2.05) is 6.21 Å².